The van der Waals surface area contributed by atoms with Gasteiger partial charge in [-0.05, 0) is 11.8 Å². The monoisotopic (exact) mass is 259 g/mol. The minimum absolute atomic E-state index is 0.0909. The molecule has 0 radical (unpaired) electrons. The zero-order valence-corrected chi connectivity index (χ0v) is 10.6. The van der Waals surface area contributed by atoms with Gasteiger partial charge in [0, 0.05) is 11.8 Å². The minimum Gasteiger partial charge on any atom is -0.466 e. The molecule has 0 N–H and O–H groups in total. The number of hydrogen-bond donors (Lipinski definition) is 0. The lowest BCUT2D eigenvalue weighted by molar-refractivity contribution is -0.140. The topological polar surface area (TPSA) is 76.4 Å². The lowest BCUT2D eigenvalue weighted by Gasteiger charge is -2.32. The summed E-state index contributed by atoms with van der Waals surface area (Å²) in [6.07, 6.45) is 3.84. The van der Waals surface area contributed by atoms with Crippen LogP contribution in [0.2, 0.25) is 0 Å². The predicted molar refractivity (Wildman–Crippen MR) is 63.3 cm³/mol. The van der Waals surface area contributed by atoms with Crippen LogP contribution in [-0.2, 0) is 19.1 Å². The van der Waals surface area contributed by atoms with Crippen molar-refractivity contribution in [2.24, 2.45) is 29.6 Å². The molecule has 1 saturated carbocycles. The molecule has 0 saturated heterocycles. The summed E-state index contributed by atoms with van der Waals surface area (Å²) < 4.78 is 9.56. The second kappa shape index (κ2) is 3.95. The molecule has 5 heteroatoms. The number of hydrogen-bond acceptors (Lipinski definition) is 5. The van der Waals surface area contributed by atoms with Gasteiger partial charge >= 0.3 is 11.9 Å². The van der Waals surface area contributed by atoms with Crippen molar-refractivity contribution in [2.75, 3.05) is 14.2 Å². The third kappa shape index (κ3) is 1.40. The van der Waals surface area contributed by atoms with Gasteiger partial charge in [-0.1, -0.05) is 12.2 Å². The first-order valence-electron chi connectivity index (χ1n) is 6.14. The van der Waals surface area contributed by atoms with Crippen LogP contribution in [0.1, 0.15) is 0 Å². The van der Waals surface area contributed by atoms with Gasteiger partial charge < -0.3 is 9.47 Å². The molecule has 0 aromatic carbocycles. The molecule has 4 atom stereocenters. The first-order valence-corrected chi connectivity index (χ1v) is 6.14. The second-order valence-corrected chi connectivity index (χ2v) is 5.06. The van der Waals surface area contributed by atoms with E-state index < -0.39 is 11.9 Å². The molecular weight excluding hydrogens is 246 g/mol. The molecule has 2 bridgehead atoms. The van der Waals surface area contributed by atoms with Crippen LogP contribution in [0.25, 0.3) is 0 Å². The first kappa shape index (κ1) is 12.0. The average Bonchev–Trinajstić information content (AvgIpc) is 3.21. The van der Waals surface area contributed by atoms with Crippen LogP contribution in [0.15, 0.2) is 23.3 Å². The van der Waals surface area contributed by atoms with Crippen molar-refractivity contribution in [3.63, 3.8) is 0 Å². The van der Waals surface area contributed by atoms with Crippen molar-refractivity contribution in [3.8, 4) is 6.07 Å². The maximum Gasteiger partial charge on any atom is 0.334 e. The molecule has 0 aromatic rings. The quantitative estimate of drug-likeness (QED) is 0.542. The summed E-state index contributed by atoms with van der Waals surface area (Å²) >= 11 is 0. The van der Waals surface area contributed by atoms with Crippen LogP contribution in [0.4, 0.5) is 0 Å². The molecule has 1 fully saturated rings. The Bertz CT molecular complexity index is 526. The molecule has 4 aliphatic carbocycles. The highest BCUT2D eigenvalue weighted by molar-refractivity contribution is 6.03. The molecule has 4 unspecified atom stereocenters. The van der Waals surface area contributed by atoms with E-state index in [1.807, 2.05) is 12.2 Å². The average molecular weight is 259 g/mol. The zero-order valence-electron chi connectivity index (χ0n) is 10.6. The number of rotatable bonds is 2. The molecule has 0 aliphatic heterocycles. The second-order valence-electron chi connectivity index (χ2n) is 5.06. The van der Waals surface area contributed by atoms with Gasteiger partial charge in [-0.2, -0.15) is 5.26 Å². The van der Waals surface area contributed by atoms with E-state index in [-0.39, 0.29) is 29.6 Å². The minimum atomic E-state index is -0.498. The number of ether oxygens (including phenoxy) is 2. The number of carbonyl (C=O) groups excluding carboxylic acids is 2. The highest BCUT2D eigenvalue weighted by Crippen LogP contribution is 2.65. The van der Waals surface area contributed by atoms with Gasteiger partial charge in [0.25, 0.3) is 0 Å². The standard InChI is InChI=1S/C14H13NO4/c1-18-13(16)11-6-3-4-7(12(11)14(17)19-2)10-8(5-15)9(6)10/h3-4,6-10H,1-2H3. The summed E-state index contributed by atoms with van der Waals surface area (Å²) in [5, 5.41) is 9.14. The van der Waals surface area contributed by atoms with E-state index in [0.717, 1.165) is 0 Å². The van der Waals surface area contributed by atoms with Crippen LogP contribution < -0.4 is 0 Å². The van der Waals surface area contributed by atoms with Gasteiger partial charge in [0.2, 0.25) is 0 Å². The molecule has 0 heterocycles. The highest BCUT2D eigenvalue weighted by Gasteiger charge is 2.65. The fourth-order valence-corrected chi connectivity index (χ4v) is 3.60. The molecule has 98 valence electrons. The Morgan fingerprint density at radius 2 is 1.47 bits per heavy atom. The Morgan fingerprint density at radius 3 is 1.79 bits per heavy atom. The fourth-order valence-electron chi connectivity index (χ4n) is 3.60. The van der Waals surface area contributed by atoms with Gasteiger partial charge in [0.1, 0.15) is 0 Å². The Morgan fingerprint density at radius 1 is 1.05 bits per heavy atom. The van der Waals surface area contributed by atoms with Gasteiger partial charge in [-0.25, -0.2) is 9.59 Å². The summed E-state index contributed by atoms with van der Waals surface area (Å²) in [6.45, 7) is 0. The summed E-state index contributed by atoms with van der Waals surface area (Å²) in [4.78, 5) is 23.9. The van der Waals surface area contributed by atoms with E-state index in [1.54, 1.807) is 0 Å². The fraction of sp³-hybridized carbons (Fsp3) is 0.500. The summed E-state index contributed by atoms with van der Waals surface area (Å²) in [5.41, 5.74) is 0.752. The Hall–Kier alpha value is -2.09. The number of carbonyl (C=O) groups is 2. The van der Waals surface area contributed by atoms with Crippen LogP contribution >= 0.6 is 0 Å². The van der Waals surface area contributed by atoms with Crippen molar-refractivity contribution in [2.45, 2.75) is 0 Å². The zero-order chi connectivity index (χ0) is 13.7. The molecule has 0 spiro atoms. The van der Waals surface area contributed by atoms with Gasteiger partial charge in [0.15, 0.2) is 0 Å². The van der Waals surface area contributed by atoms with Crippen LogP contribution in [0, 0.1) is 40.9 Å². The number of methoxy groups -OCH3 is 2. The van der Waals surface area contributed by atoms with Crippen LogP contribution in [0.3, 0.4) is 0 Å². The van der Waals surface area contributed by atoms with Crippen molar-refractivity contribution < 1.29 is 19.1 Å². The molecule has 4 aliphatic rings. The number of allylic oxidation sites excluding steroid dienone is 2. The van der Waals surface area contributed by atoms with Gasteiger partial charge in [-0.15, -0.1) is 0 Å². The number of esters is 2. The lowest BCUT2D eigenvalue weighted by atomic mass is 9.71. The van der Waals surface area contributed by atoms with Crippen molar-refractivity contribution in [1.82, 2.24) is 0 Å². The summed E-state index contributed by atoms with van der Waals surface area (Å²) in [5.74, 6) is -1.19. The van der Waals surface area contributed by atoms with Gasteiger partial charge in [0.05, 0.1) is 37.4 Å². The first-order chi connectivity index (χ1) is 9.15. The summed E-state index contributed by atoms with van der Waals surface area (Å²) in [7, 11) is 2.59. The van der Waals surface area contributed by atoms with E-state index in [0.29, 0.717) is 11.1 Å². The molecule has 19 heavy (non-hydrogen) atoms. The van der Waals surface area contributed by atoms with Crippen molar-refractivity contribution in [3.05, 3.63) is 23.3 Å². The van der Waals surface area contributed by atoms with E-state index in [4.69, 9.17) is 14.7 Å². The number of nitrogens with zero attached hydrogens (tertiary/aromatic N) is 1. The Kier molecular flexibility index (Phi) is 2.49. The smallest absolute Gasteiger partial charge is 0.334 e. The molecular formula is C14H13NO4. The lowest BCUT2D eigenvalue weighted by Crippen LogP contribution is -2.33. The maximum atomic E-state index is 11.9. The van der Waals surface area contributed by atoms with E-state index in [2.05, 4.69) is 6.07 Å². The normalized spacial score (nSPS) is 37.4. The predicted octanol–water partition coefficient (Wildman–Crippen LogP) is 0.831. The third-order valence-corrected chi connectivity index (χ3v) is 4.40. The van der Waals surface area contributed by atoms with Crippen molar-refractivity contribution in [1.29, 1.82) is 5.26 Å². The largest absolute Gasteiger partial charge is 0.466 e. The summed E-state index contributed by atoms with van der Waals surface area (Å²) in [6, 6.07) is 2.27. The molecule has 0 aromatic heterocycles. The Balaban J connectivity index is 2.09. The van der Waals surface area contributed by atoms with Gasteiger partial charge in [-0.3, -0.25) is 0 Å². The maximum absolute atomic E-state index is 11.9. The van der Waals surface area contributed by atoms with Crippen molar-refractivity contribution >= 4 is 11.9 Å². The van der Waals surface area contributed by atoms with E-state index >= 15 is 0 Å². The number of nitriles is 1. The Labute approximate surface area is 110 Å². The van der Waals surface area contributed by atoms with Crippen LogP contribution in [0.5, 0.6) is 0 Å². The molecule has 5 nitrogen and oxygen atoms in total. The van der Waals surface area contributed by atoms with E-state index in [9.17, 15) is 9.59 Å². The molecule has 4 rings (SSSR count). The SMILES string of the molecule is COC(=O)C1=C(C(=O)OC)C2C=CC1C1C(C#N)C21. The molecule has 0 amide bonds. The van der Waals surface area contributed by atoms with Crippen LogP contribution in [-0.4, -0.2) is 26.2 Å². The highest BCUT2D eigenvalue weighted by atomic mass is 16.5. The third-order valence-electron chi connectivity index (χ3n) is 4.40. The van der Waals surface area contributed by atoms with E-state index in [1.165, 1.54) is 14.2 Å².